The summed E-state index contributed by atoms with van der Waals surface area (Å²) < 4.78 is 0. The SMILES string of the molecule is CCNC(=NCc1cccc(C)n1)NCC(c1ccccc1)N(CC)CC.I. The summed E-state index contributed by atoms with van der Waals surface area (Å²) in [6, 6.07) is 17.0. The zero-order chi connectivity index (χ0) is 19.5. The minimum Gasteiger partial charge on any atom is -0.357 e. The number of rotatable bonds is 9. The lowest BCUT2D eigenvalue weighted by Crippen LogP contribution is -2.43. The Hall–Kier alpha value is -1.67. The van der Waals surface area contributed by atoms with Gasteiger partial charge in [-0.15, -0.1) is 24.0 Å². The van der Waals surface area contributed by atoms with Crippen molar-refractivity contribution in [1.82, 2.24) is 20.5 Å². The van der Waals surface area contributed by atoms with Crippen molar-refractivity contribution in [3.8, 4) is 0 Å². The Morgan fingerprint density at radius 2 is 1.71 bits per heavy atom. The molecule has 0 aliphatic carbocycles. The quantitative estimate of drug-likeness (QED) is 0.312. The first-order chi connectivity index (χ1) is 13.2. The smallest absolute Gasteiger partial charge is 0.191 e. The van der Waals surface area contributed by atoms with Gasteiger partial charge in [0, 0.05) is 18.8 Å². The topological polar surface area (TPSA) is 52.6 Å². The molecule has 0 aliphatic heterocycles. The van der Waals surface area contributed by atoms with E-state index < -0.39 is 0 Å². The fourth-order valence-electron chi connectivity index (χ4n) is 3.18. The highest BCUT2D eigenvalue weighted by Gasteiger charge is 2.18. The van der Waals surface area contributed by atoms with E-state index in [1.807, 2.05) is 25.1 Å². The van der Waals surface area contributed by atoms with Crippen molar-refractivity contribution in [1.29, 1.82) is 0 Å². The molecule has 0 saturated carbocycles. The molecule has 0 radical (unpaired) electrons. The predicted molar refractivity (Wildman–Crippen MR) is 129 cm³/mol. The Kier molecular flexibility index (Phi) is 11.7. The van der Waals surface area contributed by atoms with E-state index in [4.69, 9.17) is 4.99 Å². The summed E-state index contributed by atoms with van der Waals surface area (Å²) in [6.07, 6.45) is 0. The number of benzene rings is 1. The molecule has 0 amide bonds. The van der Waals surface area contributed by atoms with E-state index in [-0.39, 0.29) is 24.0 Å². The average Bonchev–Trinajstić information content (AvgIpc) is 2.70. The summed E-state index contributed by atoms with van der Waals surface area (Å²) >= 11 is 0. The van der Waals surface area contributed by atoms with Gasteiger partial charge in [-0.2, -0.15) is 0 Å². The third-order valence-electron chi connectivity index (χ3n) is 4.59. The highest BCUT2D eigenvalue weighted by Crippen LogP contribution is 2.19. The molecule has 1 unspecified atom stereocenters. The fourth-order valence-corrected chi connectivity index (χ4v) is 3.18. The molecule has 0 bridgehead atoms. The minimum absolute atomic E-state index is 0. The maximum Gasteiger partial charge on any atom is 0.191 e. The number of guanidine groups is 1. The van der Waals surface area contributed by atoms with Crippen LogP contribution in [0.15, 0.2) is 53.5 Å². The second-order valence-electron chi connectivity index (χ2n) is 6.49. The van der Waals surface area contributed by atoms with Crippen LogP contribution in [0.1, 0.15) is 43.8 Å². The highest BCUT2D eigenvalue weighted by molar-refractivity contribution is 14.0. The van der Waals surface area contributed by atoms with Gasteiger partial charge >= 0.3 is 0 Å². The Morgan fingerprint density at radius 1 is 1.00 bits per heavy atom. The summed E-state index contributed by atoms with van der Waals surface area (Å²) in [6.45, 7) is 12.7. The van der Waals surface area contributed by atoms with Crippen molar-refractivity contribution in [2.24, 2.45) is 4.99 Å². The number of likely N-dealkylation sites (N-methyl/N-ethyl adjacent to an activating group) is 1. The molecule has 0 fully saturated rings. The second kappa shape index (κ2) is 13.5. The lowest BCUT2D eigenvalue weighted by Gasteiger charge is -2.30. The van der Waals surface area contributed by atoms with Gasteiger partial charge in [-0.25, -0.2) is 4.99 Å². The van der Waals surface area contributed by atoms with Crippen molar-refractivity contribution in [3.05, 3.63) is 65.5 Å². The number of aliphatic imine (C=N–C) groups is 1. The van der Waals surface area contributed by atoms with Crippen LogP contribution in [-0.4, -0.2) is 42.0 Å². The van der Waals surface area contributed by atoms with Gasteiger partial charge in [-0.05, 0) is 44.6 Å². The van der Waals surface area contributed by atoms with Crippen LogP contribution >= 0.6 is 24.0 Å². The van der Waals surface area contributed by atoms with E-state index in [1.165, 1.54) is 5.56 Å². The lowest BCUT2D eigenvalue weighted by atomic mass is 10.1. The first kappa shape index (κ1) is 24.4. The summed E-state index contributed by atoms with van der Waals surface area (Å²) in [5.74, 6) is 0.828. The third kappa shape index (κ3) is 7.75. The van der Waals surface area contributed by atoms with Crippen LogP contribution in [0.25, 0.3) is 0 Å². The molecule has 0 saturated heterocycles. The van der Waals surface area contributed by atoms with Gasteiger partial charge in [0.25, 0.3) is 0 Å². The number of pyridine rings is 1. The molecule has 6 heteroatoms. The number of nitrogens with one attached hydrogen (secondary N) is 2. The Balaban J connectivity index is 0.00000392. The van der Waals surface area contributed by atoms with Crippen LogP contribution < -0.4 is 10.6 Å². The number of halogens is 1. The van der Waals surface area contributed by atoms with Crippen molar-refractivity contribution in [2.75, 3.05) is 26.2 Å². The molecule has 1 aromatic heterocycles. The molecule has 1 aromatic carbocycles. The van der Waals surface area contributed by atoms with Crippen molar-refractivity contribution < 1.29 is 0 Å². The number of aromatic nitrogens is 1. The van der Waals surface area contributed by atoms with Gasteiger partial charge in [-0.1, -0.05) is 50.2 Å². The van der Waals surface area contributed by atoms with E-state index in [2.05, 4.69) is 71.6 Å². The van der Waals surface area contributed by atoms with Gasteiger partial charge < -0.3 is 10.6 Å². The summed E-state index contributed by atoms with van der Waals surface area (Å²) in [7, 11) is 0. The van der Waals surface area contributed by atoms with Crippen LogP contribution in [0.2, 0.25) is 0 Å². The van der Waals surface area contributed by atoms with E-state index in [0.717, 1.165) is 43.5 Å². The predicted octanol–water partition coefficient (Wildman–Crippen LogP) is 4.15. The van der Waals surface area contributed by atoms with Gasteiger partial charge in [-0.3, -0.25) is 9.88 Å². The minimum atomic E-state index is 0. The van der Waals surface area contributed by atoms with Gasteiger partial charge in [0.05, 0.1) is 18.3 Å². The summed E-state index contributed by atoms with van der Waals surface area (Å²) in [5, 5.41) is 6.86. The molecule has 1 atom stereocenters. The molecule has 2 aromatic rings. The first-order valence-electron chi connectivity index (χ1n) is 9.91. The molecule has 2 N–H and O–H groups in total. The standard InChI is InChI=1S/C22H33N5.HI/c1-5-23-22(24-16-20-15-11-12-18(4)26-20)25-17-21(27(6-2)7-3)19-13-9-8-10-14-19;/h8-15,21H,5-7,16-17H2,1-4H3,(H2,23,24,25);1H. The Labute approximate surface area is 187 Å². The van der Waals surface area contributed by atoms with Gasteiger partial charge in [0.1, 0.15) is 0 Å². The van der Waals surface area contributed by atoms with Crippen LogP contribution in [0.5, 0.6) is 0 Å². The van der Waals surface area contributed by atoms with E-state index >= 15 is 0 Å². The van der Waals surface area contributed by atoms with E-state index in [0.29, 0.717) is 12.6 Å². The zero-order valence-electron chi connectivity index (χ0n) is 17.5. The monoisotopic (exact) mass is 495 g/mol. The third-order valence-corrected chi connectivity index (χ3v) is 4.59. The number of hydrogen-bond donors (Lipinski definition) is 2. The van der Waals surface area contributed by atoms with Crippen molar-refractivity contribution in [3.63, 3.8) is 0 Å². The second-order valence-corrected chi connectivity index (χ2v) is 6.49. The zero-order valence-corrected chi connectivity index (χ0v) is 19.8. The largest absolute Gasteiger partial charge is 0.357 e. The van der Waals surface area contributed by atoms with Crippen molar-refractivity contribution in [2.45, 2.75) is 40.3 Å². The van der Waals surface area contributed by atoms with Crippen LogP contribution in [0.3, 0.4) is 0 Å². The number of aryl methyl sites for hydroxylation is 1. The van der Waals surface area contributed by atoms with Crippen molar-refractivity contribution >= 4 is 29.9 Å². The molecule has 28 heavy (non-hydrogen) atoms. The molecule has 154 valence electrons. The van der Waals surface area contributed by atoms with E-state index in [9.17, 15) is 0 Å². The van der Waals surface area contributed by atoms with Crippen LogP contribution in [-0.2, 0) is 6.54 Å². The van der Waals surface area contributed by atoms with Gasteiger partial charge in [0.2, 0.25) is 0 Å². The highest BCUT2D eigenvalue weighted by atomic mass is 127. The Morgan fingerprint density at radius 3 is 2.32 bits per heavy atom. The van der Waals surface area contributed by atoms with E-state index in [1.54, 1.807) is 0 Å². The first-order valence-corrected chi connectivity index (χ1v) is 9.91. The molecule has 0 spiro atoms. The number of nitrogens with zero attached hydrogens (tertiary/aromatic N) is 3. The Bertz CT molecular complexity index is 701. The maximum atomic E-state index is 4.71. The molecular formula is C22H34IN5. The molecule has 2 rings (SSSR count). The molecular weight excluding hydrogens is 461 g/mol. The normalized spacial score (nSPS) is 12.4. The molecule has 1 heterocycles. The lowest BCUT2D eigenvalue weighted by molar-refractivity contribution is 0.219. The fraction of sp³-hybridized carbons (Fsp3) is 0.455. The molecule has 0 aliphatic rings. The van der Waals surface area contributed by atoms with Crippen LogP contribution in [0.4, 0.5) is 0 Å². The number of hydrogen-bond acceptors (Lipinski definition) is 3. The van der Waals surface area contributed by atoms with Crippen LogP contribution in [0, 0.1) is 6.92 Å². The molecule has 5 nitrogen and oxygen atoms in total. The average molecular weight is 495 g/mol. The maximum absolute atomic E-state index is 4.71. The summed E-state index contributed by atoms with van der Waals surface area (Å²) in [4.78, 5) is 11.7. The van der Waals surface area contributed by atoms with Gasteiger partial charge in [0.15, 0.2) is 5.96 Å². The summed E-state index contributed by atoms with van der Waals surface area (Å²) in [5.41, 5.74) is 3.33.